The van der Waals surface area contributed by atoms with Gasteiger partial charge in [-0.2, -0.15) is 0 Å². The molecule has 1 atom stereocenters. The smallest absolute Gasteiger partial charge is 0.242 e. The predicted molar refractivity (Wildman–Crippen MR) is 133 cm³/mol. The summed E-state index contributed by atoms with van der Waals surface area (Å²) in [6.45, 7) is 4.03. The number of hydrogen-bond donors (Lipinski definition) is 1. The van der Waals surface area contributed by atoms with E-state index in [2.05, 4.69) is 5.32 Å². The molecule has 7 nitrogen and oxygen atoms in total. The topological polar surface area (TPSA) is 86.8 Å². The number of likely N-dealkylation sites (N-methyl/N-ethyl adjacent to an activating group) is 1. The van der Waals surface area contributed by atoms with Gasteiger partial charge in [0.05, 0.1) is 11.9 Å². The van der Waals surface area contributed by atoms with Crippen LogP contribution in [0.4, 0.5) is 5.69 Å². The average molecular weight is 494 g/mol. The molecule has 180 valence electrons. The highest BCUT2D eigenvalue weighted by Crippen LogP contribution is 2.21. The maximum absolute atomic E-state index is 13.1. The molecule has 0 radical (unpaired) electrons. The molecule has 33 heavy (non-hydrogen) atoms. The standard InChI is InChI=1S/C24H32ClN3O4S/c1-5-19-12-14-21(15-13-19)28(33(4,31)32)16-8-11-23(29)27(18(2)24(30)26-3)17-20-9-6-7-10-22(20)25/h6-7,9-10,12-15,18H,5,8,11,16-17H2,1-4H3,(H,26,30). The van der Waals surface area contributed by atoms with Crippen LogP contribution in [0.3, 0.4) is 0 Å². The van der Waals surface area contributed by atoms with E-state index in [1.807, 2.05) is 31.2 Å². The second-order valence-corrected chi connectivity index (χ2v) is 10.2. The van der Waals surface area contributed by atoms with Crippen molar-refractivity contribution in [3.8, 4) is 0 Å². The van der Waals surface area contributed by atoms with E-state index < -0.39 is 16.1 Å². The van der Waals surface area contributed by atoms with Crippen LogP contribution in [0, 0.1) is 0 Å². The second kappa shape index (κ2) is 12.0. The molecule has 0 spiro atoms. The fraction of sp³-hybridized carbons (Fsp3) is 0.417. The van der Waals surface area contributed by atoms with Gasteiger partial charge in [0, 0.05) is 31.6 Å². The molecule has 0 aliphatic heterocycles. The lowest BCUT2D eigenvalue weighted by Crippen LogP contribution is -2.46. The number of sulfonamides is 1. The molecule has 0 fully saturated rings. The first kappa shape index (κ1) is 26.7. The minimum absolute atomic E-state index is 0.0881. The van der Waals surface area contributed by atoms with Crippen LogP contribution in [0.25, 0.3) is 0 Å². The molecule has 1 N–H and O–H groups in total. The summed E-state index contributed by atoms with van der Waals surface area (Å²) in [5.74, 6) is -0.537. The first-order valence-corrected chi connectivity index (χ1v) is 13.1. The maximum Gasteiger partial charge on any atom is 0.242 e. The van der Waals surface area contributed by atoms with E-state index in [1.165, 1.54) is 16.3 Å². The first-order chi connectivity index (χ1) is 15.6. The van der Waals surface area contributed by atoms with E-state index in [0.29, 0.717) is 17.1 Å². The van der Waals surface area contributed by atoms with E-state index in [0.717, 1.165) is 23.8 Å². The van der Waals surface area contributed by atoms with Gasteiger partial charge in [0.1, 0.15) is 6.04 Å². The number of carbonyl (C=O) groups is 2. The van der Waals surface area contributed by atoms with Crippen LogP contribution >= 0.6 is 11.6 Å². The predicted octanol–water partition coefficient (Wildman–Crippen LogP) is 3.61. The number of carbonyl (C=O) groups excluding carboxylic acids is 2. The van der Waals surface area contributed by atoms with Gasteiger partial charge in [0.2, 0.25) is 21.8 Å². The van der Waals surface area contributed by atoms with E-state index in [1.54, 1.807) is 31.2 Å². The first-order valence-electron chi connectivity index (χ1n) is 10.9. The SMILES string of the molecule is CCc1ccc(N(CCCC(=O)N(Cc2ccccc2Cl)C(C)C(=O)NC)S(C)(=O)=O)cc1. The van der Waals surface area contributed by atoms with Gasteiger partial charge in [-0.25, -0.2) is 8.42 Å². The monoisotopic (exact) mass is 493 g/mol. The van der Waals surface area contributed by atoms with Crippen LogP contribution in [0.5, 0.6) is 0 Å². The second-order valence-electron chi connectivity index (χ2n) is 7.86. The van der Waals surface area contributed by atoms with Crippen molar-refractivity contribution in [2.75, 3.05) is 24.2 Å². The Kier molecular flexibility index (Phi) is 9.73. The van der Waals surface area contributed by atoms with Gasteiger partial charge < -0.3 is 10.2 Å². The van der Waals surface area contributed by atoms with E-state index in [-0.39, 0.29) is 31.3 Å². The van der Waals surface area contributed by atoms with Crippen LogP contribution < -0.4 is 9.62 Å². The minimum atomic E-state index is -3.52. The van der Waals surface area contributed by atoms with Crippen molar-refractivity contribution < 1.29 is 18.0 Å². The fourth-order valence-corrected chi connectivity index (χ4v) is 4.66. The highest BCUT2D eigenvalue weighted by atomic mass is 35.5. The number of rotatable bonds is 11. The van der Waals surface area contributed by atoms with Gasteiger partial charge in [-0.15, -0.1) is 0 Å². The number of nitrogens with zero attached hydrogens (tertiary/aromatic N) is 2. The summed E-state index contributed by atoms with van der Waals surface area (Å²) >= 11 is 6.26. The van der Waals surface area contributed by atoms with Crippen LogP contribution in [0.2, 0.25) is 5.02 Å². The number of hydrogen-bond acceptors (Lipinski definition) is 4. The van der Waals surface area contributed by atoms with Crippen molar-refractivity contribution in [3.63, 3.8) is 0 Å². The van der Waals surface area contributed by atoms with Gasteiger partial charge in [-0.3, -0.25) is 13.9 Å². The maximum atomic E-state index is 13.1. The molecule has 2 amide bonds. The summed E-state index contributed by atoms with van der Waals surface area (Å²) in [7, 11) is -2.00. The molecule has 0 aromatic heterocycles. The van der Waals surface area contributed by atoms with Crippen molar-refractivity contribution in [2.24, 2.45) is 0 Å². The number of halogens is 1. The molecular formula is C24H32ClN3O4S. The summed E-state index contributed by atoms with van der Waals surface area (Å²) in [6.07, 6.45) is 2.41. The summed E-state index contributed by atoms with van der Waals surface area (Å²) < 4.78 is 26.1. The summed E-state index contributed by atoms with van der Waals surface area (Å²) in [5, 5.41) is 3.08. The molecule has 2 aromatic rings. The fourth-order valence-electron chi connectivity index (χ4n) is 3.50. The Bertz CT molecular complexity index is 1060. The summed E-state index contributed by atoms with van der Waals surface area (Å²) in [6, 6.07) is 13.8. The lowest BCUT2D eigenvalue weighted by atomic mass is 10.1. The number of amides is 2. The van der Waals surface area contributed by atoms with Gasteiger partial charge in [0.15, 0.2) is 0 Å². The Hall–Kier alpha value is -2.58. The molecule has 0 bridgehead atoms. The Morgan fingerprint density at radius 1 is 1.09 bits per heavy atom. The third-order valence-electron chi connectivity index (χ3n) is 5.50. The zero-order valence-corrected chi connectivity index (χ0v) is 21.1. The van der Waals surface area contributed by atoms with Gasteiger partial charge in [-0.1, -0.05) is 48.9 Å². The normalized spacial score (nSPS) is 12.2. The minimum Gasteiger partial charge on any atom is -0.357 e. The number of anilines is 1. The Morgan fingerprint density at radius 3 is 2.27 bits per heavy atom. The molecule has 0 saturated carbocycles. The van der Waals surface area contributed by atoms with Crippen LogP contribution in [0.15, 0.2) is 48.5 Å². The van der Waals surface area contributed by atoms with Crippen molar-refractivity contribution in [1.82, 2.24) is 10.2 Å². The molecule has 0 saturated heterocycles. The van der Waals surface area contributed by atoms with Crippen molar-refractivity contribution >= 4 is 39.1 Å². The zero-order chi connectivity index (χ0) is 24.6. The molecule has 9 heteroatoms. The van der Waals surface area contributed by atoms with Crippen molar-refractivity contribution in [1.29, 1.82) is 0 Å². The molecule has 0 aliphatic rings. The lowest BCUT2D eigenvalue weighted by molar-refractivity contribution is -0.140. The van der Waals surface area contributed by atoms with Crippen LogP contribution in [-0.4, -0.2) is 51.0 Å². The third kappa shape index (κ3) is 7.47. The van der Waals surface area contributed by atoms with E-state index in [4.69, 9.17) is 11.6 Å². The van der Waals surface area contributed by atoms with Crippen LogP contribution in [0.1, 0.15) is 37.8 Å². The number of benzene rings is 2. The quantitative estimate of drug-likeness (QED) is 0.518. The van der Waals surface area contributed by atoms with Gasteiger partial charge in [-0.05, 0) is 49.1 Å². The highest BCUT2D eigenvalue weighted by Gasteiger charge is 2.26. The van der Waals surface area contributed by atoms with Gasteiger partial charge in [0.25, 0.3) is 0 Å². The van der Waals surface area contributed by atoms with Crippen molar-refractivity contribution in [3.05, 3.63) is 64.7 Å². The van der Waals surface area contributed by atoms with E-state index >= 15 is 0 Å². The van der Waals surface area contributed by atoms with E-state index in [9.17, 15) is 18.0 Å². The largest absolute Gasteiger partial charge is 0.357 e. The summed E-state index contributed by atoms with van der Waals surface area (Å²) in [4.78, 5) is 26.8. The average Bonchev–Trinajstić information content (AvgIpc) is 2.79. The Labute approximate surface area is 201 Å². The molecule has 1 unspecified atom stereocenters. The molecule has 2 rings (SSSR count). The highest BCUT2D eigenvalue weighted by molar-refractivity contribution is 7.92. The van der Waals surface area contributed by atoms with Crippen LogP contribution in [-0.2, 0) is 32.6 Å². The molecule has 0 heterocycles. The molecule has 2 aromatic carbocycles. The van der Waals surface area contributed by atoms with Gasteiger partial charge >= 0.3 is 0 Å². The Balaban J connectivity index is 2.14. The number of nitrogens with one attached hydrogen (secondary N) is 1. The number of aryl methyl sites for hydroxylation is 1. The summed E-state index contributed by atoms with van der Waals surface area (Å²) in [5.41, 5.74) is 2.41. The Morgan fingerprint density at radius 2 is 1.73 bits per heavy atom. The molecule has 0 aliphatic carbocycles. The molecular weight excluding hydrogens is 462 g/mol. The third-order valence-corrected chi connectivity index (χ3v) is 7.06. The zero-order valence-electron chi connectivity index (χ0n) is 19.5. The van der Waals surface area contributed by atoms with Crippen molar-refractivity contribution in [2.45, 2.75) is 45.7 Å². The lowest BCUT2D eigenvalue weighted by Gasteiger charge is -2.29.